The Morgan fingerprint density at radius 3 is 1.90 bits per heavy atom. The lowest BCUT2D eigenvalue weighted by Crippen LogP contribution is -2.53. The fourth-order valence-corrected chi connectivity index (χ4v) is 3.66. The minimum absolute atomic E-state index is 0.126. The van der Waals surface area contributed by atoms with Crippen molar-refractivity contribution in [3.63, 3.8) is 0 Å². The standard InChI is InChI=1S/C19H26BNO4.2C2H6/c1-17(2)14-8-7-12(20-24-18(3,4)19(5,6)25-20)9-15(14)21(16(17)22)13-10-23-11-13;2*1-2/h7-9,13H,10-11H2,1-6H3;2*1-2H3. The molecule has 162 valence electrons. The first-order valence-corrected chi connectivity index (χ1v) is 11.0. The Kier molecular flexibility index (Phi) is 6.93. The van der Waals surface area contributed by atoms with Gasteiger partial charge >= 0.3 is 7.12 Å². The van der Waals surface area contributed by atoms with E-state index in [1.54, 1.807) is 0 Å². The summed E-state index contributed by atoms with van der Waals surface area (Å²) in [6.07, 6.45) is 0. The third-order valence-electron chi connectivity index (χ3n) is 6.22. The van der Waals surface area contributed by atoms with Crippen LogP contribution < -0.4 is 10.4 Å². The third kappa shape index (κ3) is 3.87. The summed E-state index contributed by atoms with van der Waals surface area (Å²) in [5.74, 6) is 0.141. The SMILES string of the molecule is CC.CC.CC1(C)C(=O)N(C2COC2)c2cc(B3OC(C)(C)C(C)(C)O3)ccc21. The topological polar surface area (TPSA) is 48.0 Å². The van der Waals surface area contributed by atoms with Gasteiger partial charge in [0.2, 0.25) is 5.91 Å². The van der Waals surface area contributed by atoms with E-state index < -0.39 is 12.5 Å². The number of carbonyl (C=O) groups excluding carboxylic acids is 1. The number of rotatable bonds is 2. The van der Waals surface area contributed by atoms with Gasteiger partial charge in [-0.2, -0.15) is 0 Å². The molecule has 0 spiro atoms. The minimum atomic E-state index is -0.514. The average molecular weight is 403 g/mol. The Labute approximate surface area is 177 Å². The first kappa shape index (κ1) is 23.9. The molecule has 1 aromatic carbocycles. The first-order valence-electron chi connectivity index (χ1n) is 11.0. The molecule has 2 saturated heterocycles. The smallest absolute Gasteiger partial charge is 0.399 e. The summed E-state index contributed by atoms with van der Waals surface area (Å²) >= 11 is 0. The summed E-state index contributed by atoms with van der Waals surface area (Å²) in [5.41, 5.74) is 1.70. The van der Waals surface area contributed by atoms with Crippen molar-refractivity contribution in [3.8, 4) is 0 Å². The van der Waals surface area contributed by atoms with Gasteiger partial charge < -0.3 is 18.9 Å². The molecule has 6 heteroatoms. The Hall–Kier alpha value is -1.37. The van der Waals surface area contributed by atoms with Crippen LogP contribution in [0.4, 0.5) is 5.69 Å². The molecular formula is C23H38BNO4. The largest absolute Gasteiger partial charge is 0.494 e. The molecule has 0 N–H and O–H groups in total. The zero-order valence-electron chi connectivity index (χ0n) is 19.9. The summed E-state index contributed by atoms with van der Waals surface area (Å²) in [6, 6.07) is 6.26. The molecule has 4 rings (SSSR count). The van der Waals surface area contributed by atoms with Crippen molar-refractivity contribution in [2.75, 3.05) is 18.1 Å². The minimum Gasteiger partial charge on any atom is -0.399 e. The van der Waals surface area contributed by atoms with Crippen molar-refractivity contribution < 1.29 is 18.8 Å². The number of carbonyl (C=O) groups is 1. The van der Waals surface area contributed by atoms with Crippen molar-refractivity contribution in [3.05, 3.63) is 23.8 Å². The number of benzene rings is 1. The predicted octanol–water partition coefficient (Wildman–Crippen LogP) is 4.06. The van der Waals surface area contributed by atoms with Gasteiger partial charge in [-0.25, -0.2) is 0 Å². The number of ether oxygens (including phenoxy) is 1. The quantitative estimate of drug-likeness (QED) is 0.699. The van der Waals surface area contributed by atoms with Gasteiger partial charge in [0.25, 0.3) is 0 Å². The first-order chi connectivity index (χ1) is 13.5. The maximum Gasteiger partial charge on any atom is 0.494 e. The van der Waals surface area contributed by atoms with Crippen LogP contribution in [0.1, 0.15) is 74.8 Å². The number of amides is 1. The summed E-state index contributed by atoms with van der Waals surface area (Å²) in [7, 11) is -0.423. The Morgan fingerprint density at radius 2 is 1.45 bits per heavy atom. The van der Waals surface area contributed by atoms with Crippen molar-refractivity contribution in [2.24, 2.45) is 0 Å². The number of hydrogen-bond donors (Lipinski definition) is 0. The molecule has 1 amide bonds. The van der Waals surface area contributed by atoms with Gasteiger partial charge in [-0.05, 0) is 58.6 Å². The summed E-state index contributed by atoms with van der Waals surface area (Å²) < 4.78 is 17.7. The predicted molar refractivity (Wildman–Crippen MR) is 120 cm³/mol. The van der Waals surface area contributed by atoms with E-state index in [1.165, 1.54) is 0 Å². The van der Waals surface area contributed by atoms with E-state index in [2.05, 4.69) is 6.07 Å². The second-order valence-electron chi connectivity index (χ2n) is 8.86. The molecule has 0 atom stereocenters. The molecule has 0 saturated carbocycles. The number of hydrogen-bond acceptors (Lipinski definition) is 4. The molecule has 2 fully saturated rings. The monoisotopic (exact) mass is 403 g/mol. The normalized spacial score (nSPS) is 23.4. The number of anilines is 1. The summed E-state index contributed by atoms with van der Waals surface area (Å²) in [6.45, 7) is 21.4. The van der Waals surface area contributed by atoms with Gasteiger partial charge in [-0.15, -0.1) is 0 Å². The number of fused-ring (bicyclic) bond motifs is 1. The lowest BCUT2D eigenvalue weighted by molar-refractivity contribution is -0.124. The van der Waals surface area contributed by atoms with Gasteiger partial charge in [-0.1, -0.05) is 39.8 Å². The molecule has 0 aliphatic carbocycles. The lowest BCUT2D eigenvalue weighted by atomic mass is 9.77. The van der Waals surface area contributed by atoms with Gasteiger partial charge in [-0.3, -0.25) is 4.79 Å². The molecule has 0 bridgehead atoms. The molecule has 0 unspecified atom stereocenters. The molecule has 3 aliphatic heterocycles. The molecular weight excluding hydrogens is 365 g/mol. The van der Waals surface area contributed by atoms with Crippen LogP contribution in [0.15, 0.2) is 18.2 Å². The fourth-order valence-electron chi connectivity index (χ4n) is 3.66. The Bertz CT molecular complexity index is 724. The van der Waals surface area contributed by atoms with Crippen molar-refractivity contribution >= 4 is 24.2 Å². The Balaban J connectivity index is 0.000000707. The van der Waals surface area contributed by atoms with Crippen LogP contribution in [0.3, 0.4) is 0 Å². The highest BCUT2D eigenvalue weighted by molar-refractivity contribution is 6.62. The van der Waals surface area contributed by atoms with Crippen LogP contribution in [0, 0.1) is 0 Å². The van der Waals surface area contributed by atoms with Crippen LogP contribution in [0.25, 0.3) is 0 Å². The molecule has 29 heavy (non-hydrogen) atoms. The highest BCUT2D eigenvalue weighted by Gasteiger charge is 2.53. The van der Waals surface area contributed by atoms with E-state index in [-0.39, 0.29) is 23.2 Å². The Morgan fingerprint density at radius 1 is 0.931 bits per heavy atom. The van der Waals surface area contributed by atoms with Crippen molar-refractivity contribution in [2.45, 2.75) is 91.9 Å². The van der Waals surface area contributed by atoms with Crippen LogP contribution in [0.2, 0.25) is 0 Å². The van der Waals surface area contributed by atoms with Crippen molar-refractivity contribution in [1.82, 2.24) is 0 Å². The van der Waals surface area contributed by atoms with E-state index in [0.29, 0.717) is 13.2 Å². The van der Waals surface area contributed by atoms with Gasteiger partial charge in [0.05, 0.1) is 35.9 Å². The second-order valence-corrected chi connectivity index (χ2v) is 8.86. The zero-order chi connectivity index (χ0) is 22.2. The van der Waals surface area contributed by atoms with Crippen LogP contribution in [-0.2, 0) is 24.3 Å². The lowest BCUT2D eigenvalue weighted by Gasteiger charge is -2.35. The highest BCUT2D eigenvalue weighted by atomic mass is 16.7. The maximum absolute atomic E-state index is 13.0. The molecule has 0 radical (unpaired) electrons. The van der Waals surface area contributed by atoms with Crippen LogP contribution >= 0.6 is 0 Å². The summed E-state index contributed by atoms with van der Waals surface area (Å²) in [4.78, 5) is 14.9. The second kappa shape index (κ2) is 8.40. The third-order valence-corrected chi connectivity index (χ3v) is 6.22. The van der Waals surface area contributed by atoms with Crippen molar-refractivity contribution in [1.29, 1.82) is 0 Å². The van der Waals surface area contributed by atoms with E-state index >= 15 is 0 Å². The van der Waals surface area contributed by atoms with E-state index in [0.717, 1.165) is 16.7 Å². The van der Waals surface area contributed by atoms with Gasteiger partial charge in [0, 0.05) is 5.69 Å². The molecule has 0 aromatic heterocycles. The van der Waals surface area contributed by atoms with Crippen LogP contribution in [0.5, 0.6) is 0 Å². The zero-order valence-corrected chi connectivity index (χ0v) is 19.9. The highest BCUT2D eigenvalue weighted by Crippen LogP contribution is 2.43. The van der Waals surface area contributed by atoms with E-state index in [9.17, 15) is 4.79 Å². The molecule has 3 aliphatic rings. The van der Waals surface area contributed by atoms with Gasteiger partial charge in [0.1, 0.15) is 0 Å². The molecule has 1 aromatic rings. The average Bonchev–Trinajstić information content (AvgIpc) is 2.98. The van der Waals surface area contributed by atoms with E-state index in [1.807, 2.05) is 86.3 Å². The van der Waals surface area contributed by atoms with Crippen LogP contribution in [-0.4, -0.2) is 43.5 Å². The molecule has 3 heterocycles. The molecule has 5 nitrogen and oxygen atoms in total. The van der Waals surface area contributed by atoms with Gasteiger partial charge in [0.15, 0.2) is 0 Å². The maximum atomic E-state index is 13.0. The fraction of sp³-hybridized carbons (Fsp3) is 0.696. The number of nitrogens with zero attached hydrogens (tertiary/aromatic N) is 1. The van der Waals surface area contributed by atoms with E-state index in [4.69, 9.17) is 14.0 Å². The summed E-state index contributed by atoms with van der Waals surface area (Å²) in [5, 5.41) is 0.